The number of nitrogens with one attached hydrogen (secondary N) is 1. The van der Waals surface area contributed by atoms with Crippen molar-refractivity contribution >= 4 is 11.9 Å². The number of ether oxygens (including phenoxy) is 1. The molecule has 3 N–H and O–H groups in total. The summed E-state index contributed by atoms with van der Waals surface area (Å²) >= 11 is 0. The molecule has 0 aliphatic heterocycles. The summed E-state index contributed by atoms with van der Waals surface area (Å²) in [5.41, 5.74) is 7.32. The predicted octanol–water partition coefficient (Wildman–Crippen LogP) is 2.46. The van der Waals surface area contributed by atoms with E-state index in [0.717, 1.165) is 16.9 Å². The van der Waals surface area contributed by atoms with Gasteiger partial charge in [0, 0.05) is 19.5 Å². The van der Waals surface area contributed by atoms with E-state index in [1.165, 1.54) is 0 Å². The molecule has 0 saturated heterocycles. The zero-order chi connectivity index (χ0) is 18.8. The highest BCUT2D eigenvalue weighted by atomic mass is 16.5. The normalized spacial score (nSPS) is 10.2. The maximum atomic E-state index is 12.4. The molecule has 0 aliphatic carbocycles. The number of benzene rings is 2. The quantitative estimate of drug-likeness (QED) is 0.678. The highest BCUT2D eigenvalue weighted by Crippen LogP contribution is 2.11. The third-order valence-corrected chi connectivity index (χ3v) is 3.77. The molecule has 2 aromatic carbocycles. The fourth-order valence-corrected chi connectivity index (χ4v) is 2.45. The molecule has 0 atom stereocenters. The molecule has 138 valence electrons. The highest BCUT2D eigenvalue weighted by Gasteiger charge is 2.14. The molecule has 0 unspecified atom stereocenters. The van der Waals surface area contributed by atoms with E-state index < -0.39 is 5.91 Å². The van der Waals surface area contributed by atoms with Crippen LogP contribution in [0.25, 0.3) is 0 Å². The van der Waals surface area contributed by atoms with Gasteiger partial charge in [-0.1, -0.05) is 42.5 Å². The Morgan fingerprint density at radius 3 is 2.58 bits per heavy atom. The van der Waals surface area contributed by atoms with Crippen molar-refractivity contribution in [1.82, 2.24) is 10.2 Å². The van der Waals surface area contributed by atoms with Crippen LogP contribution in [-0.2, 0) is 11.3 Å². The number of nitrogens with zero attached hydrogens (tertiary/aromatic N) is 1. The van der Waals surface area contributed by atoms with Crippen LogP contribution in [0.5, 0.6) is 5.75 Å². The maximum absolute atomic E-state index is 12.4. The van der Waals surface area contributed by atoms with Crippen LogP contribution in [-0.4, -0.2) is 36.5 Å². The third-order valence-electron chi connectivity index (χ3n) is 3.77. The van der Waals surface area contributed by atoms with Crippen LogP contribution < -0.4 is 15.8 Å². The monoisotopic (exact) mass is 355 g/mol. The zero-order valence-corrected chi connectivity index (χ0v) is 15.0. The Bertz CT molecular complexity index is 719. The van der Waals surface area contributed by atoms with Gasteiger partial charge < -0.3 is 20.7 Å². The Morgan fingerprint density at radius 2 is 1.88 bits per heavy atom. The van der Waals surface area contributed by atoms with E-state index in [-0.39, 0.29) is 19.0 Å². The first-order valence-corrected chi connectivity index (χ1v) is 8.59. The number of hydrogen-bond acceptors (Lipinski definition) is 3. The molecule has 0 bridgehead atoms. The molecule has 2 rings (SSSR count). The molecule has 0 spiro atoms. The first-order valence-electron chi connectivity index (χ1n) is 8.59. The summed E-state index contributed by atoms with van der Waals surface area (Å²) in [7, 11) is 0. The summed E-state index contributed by atoms with van der Waals surface area (Å²) in [6, 6.07) is 17.1. The Kier molecular flexibility index (Phi) is 7.49. The number of hydrogen-bond donors (Lipinski definition) is 2. The Labute approximate surface area is 153 Å². The van der Waals surface area contributed by atoms with Crippen LogP contribution in [0.2, 0.25) is 0 Å². The molecular formula is C20H25N3O3. The molecule has 6 nitrogen and oxygen atoms in total. The van der Waals surface area contributed by atoms with E-state index >= 15 is 0 Å². The van der Waals surface area contributed by atoms with Gasteiger partial charge in [-0.15, -0.1) is 0 Å². The molecule has 0 radical (unpaired) electrons. The molecular weight excluding hydrogens is 330 g/mol. The third kappa shape index (κ3) is 6.84. The second-order valence-electron chi connectivity index (χ2n) is 6.02. The smallest absolute Gasteiger partial charge is 0.317 e. The topological polar surface area (TPSA) is 84.7 Å². The van der Waals surface area contributed by atoms with Crippen molar-refractivity contribution in [2.24, 2.45) is 5.73 Å². The second kappa shape index (κ2) is 10.1. The van der Waals surface area contributed by atoms with Crippen LogP contribution in [0.15, 0.2) is 54.6 Å². The number of carbonyl (C=O) groups is 2. The minimum atomic E-state index is -0.432. The second-order valence-corrected chi connectivity index (χ2v) is 6.02. The first-order chi connectivity index (χ1) is 12.5. The van der Waals surface area contributed by atoms with E-state index in [9.17, 15) is 9.59 Å². The Hall–Kier alpha value is -3.02. The number of urea groups is 1. The van der Waals surface area contributed by atoms with Gasteiger partial charge in [0.2, 0.25) is 5.91 Å². The minimum absolute atomic E-state index is 0.125. The first kappa shape index (κ1) is 19.3. The van der Waals surface area contributed by atoms with Crippen molar-refractivity contribution in [3.8, 4) is 5.75 Å². The summed E-state index contributed by atoms with van der Waals surface area (Å²) in [5.74, 6) is 0.341. The van der Waals surface area contributed by atoms with E-state index in [1.807, 2.05) is 61.5 Å². The molecule has 6 heteroatoms. The summed E-state index contributed by atoms with van der Waals surface area (Å²) in [6.45, 7) is 3.42. The lowest BCUT2D eigenvalue weighted by atomic mass is 10.2. The van der Waals surface area contributed by atoms with Crippen LogP contribution in [0.4, 0.5) is 4.79 Å². The van der Waals surface area contributed by atoms with Crippen molar-refractivity contribution in [1.29, 1.82) is 0 Å². The Morgan fingerprint density at radius 1 is 1.12 bits per heavy atom. The van der Waals surface area contributed by atoms with Crippen LogP contribution in [0.1, 0.15) is 17.5 Å². The van der Waals surface area contributed by atoms with Gasteiger partial charge in [0.15, 0.2) is 0 Å². The number of amides is 3. The van der Waals surface area contributed by atoms with Gasteiger partial charge in [0.05, 0.1) is 6.54 Å². The summed E-state index contributed by atoms with van der Waals surface area (Å²) in [4.78, 5) is 25.1. The largest absolute Gasteiger partial charge is 0.492 e. The molecule has 0 aliphatic rings. The Balaban J connectivity index is 1.83. The number of rotatable bonds is 9. The number of aryl methyl sites for hydroxylation is 1. The molecule has 0 saturated carbocycles. The van der Waals surface area contributed by atoms with Crippen molar-refractivity contribution in [2.75, 3.05) is 19.7 Å². The molecule has 2 aromatic rings. The lowest BCUT2D eigenvalue weighted by Gasteiger charge is -2.23. The minimum Gasteiger partial charge on any atom is -0.492 e. The van der Waals surface area contributed by atoms with Crippen molar-refractivity contribution < 1.29 is 14.3 Å². The highest BCUT2D eigenvalue weighted by molar-refractivity contribution is 5.77. The number of nitrogens with two attached hydrogens (primary N) is 1. The van der Waals surface area contributed by atoms with Gasteiger partial charge in [0.1, 0.15) is 12.4 Å². The zero-order valence-electron chi connectivity index (χ0n) is 15.0. The van der Waals surface area contributed by atoms with E-state index in [0.29, 0.717) is 19.7 Å². The van der Waals surface area contributed by atoms with Gasteiger partial charge in [0.25, 0.3) is 0 Å². The maximum Gasteiger partial charge on any atom is 0.317 e. The van der Waals surface area contributed by atoms with E-state index in [2.05, 4.69) is 5.32 Å². The molecule has 0 aromatic heterocycles. The summed E-state index contributed by atoms with van der Waals surface area (Å²) in [5, 5.41) is 2.82. The van der Waals surface area contributed by atoms with Crippen LogP contribution >= 0.6 is 0 Å². The van der Waals surface area contributed by atoms with Gasteiger partial charge >= 0.3 is 6.03 Å². The van der Waals surface area contributed by atoms with Gasteiger partial charge in [-0.05, 0) is 30.2 Å². The van der Waals surface area contributed by atoms with Gasteiger partial charge in [-0.3, -0.25) is 4.79 Å². The average molecular weight is 355 g/mol. The fraction of sp³-hybridized carbons (Fsp3) is 0.300. The SMILES string of the molecule is Cc1cccc(OCCNC(=O)N(CCC(N)=O)Cc2ccccc2)c1. The van der Waals surface area contributed by atoms with E-state index in [1.54, 1.807) is 4.90 Å². The lowest BCUT2D eigenvalue weighted by molar-refractivity contribution is -0.118. The van der Waals surface area contributed by atoms with Crippen LogP contribution in [0, 0.1) is 6.92 Å². The van der Waals surface area contributed by atoms with Gasteiger partial charge in [-0.25, -0.2) is 4.79 Å². The average Bonchev–Trinajstić information content (AvgIpc) is 2.63. The lowest BCUT2D eigenvalue weighted by Crippen LogP contribution is -2.42. The standard InChI is InChI=1S/C20H25N3O3/c1-16-6-5-9-18(14-16)26-13-11-22-20(25)23(12-10-19(21)24)15-17-7-3-2-4-8-17/h2-9,14H,10-13,15H2,1H3,(H2,21,24)(H,22,25). The number of primary amides is 1. The van der Waals surface area contributed by atoms with Crippen molar-refractivity contribution in [3.63, 3.8) is 0 Å². The van der Waals surface area contributed by atoms with Crippen molar-refractivity contribution in [3.05, 3.63) is 65.7 Å². The summed E-state index contributed by atoms with van der Waals surface area (Å²) < 4.78 is 5.63. The predicted molar refractivity (Wildman–Crippen MR) is 101 cm³/mol. The van der Waals surface area contributed by atoms with Crippen molar-refractivity contribution in [2.45, 2.75) is 19.9 Å². The van der Waals surface area contributed by atoms with Crippen LogP contribution in [0.3, 0.4) is 0 Å². The molecule has 3 amide bonds. The fourth-order valence-electron chi connectivity index (χ4n) is 2.45. The molecule has 0 heterocycles. The van der Waals surface area contributed by atoms with E-state index in [4.69, 9.17) is 10.5 Å². The molecule has 26 heavy (non-hydrogen) atoms. The summed E-state index contributed by atoms with van der Waals surface area (Å²) in [6.07, 6.45) is 0.125. The molecule has 0 fully saturated rings. The number of carbonyl (C=O) groups excluding carboxylic acids is 2. The van der Waals surface area contributed by atoms with Gasteiger partial charge in [-0.2, -0.15) is 0 Å².